The molecule has 0 radical (unpaired) electrons. The first kappa shape index (κ1) is 16.6. The van der Waals surface area contributed by atoms with E-state index in [-0.39, 0.29) is 11.8 Å². The number of nitrogens with one attached hydrogen (secondary N) is 1. The van der Waals surface area contributed by atoms with Gasteiger partial charge >= 0.3 is 6.03 Å². The van der Waals surface area contributed by atoms with E-state index in [0.717, 1.165) is 34.1 Å². The number of nitrogens with zero attached hydrogens (tertiary/aromatic N) is 2. The monoisotopic (exact) mass is 351 g/mol. The molecule has 4 nitrogen and oxygen atoms in total. The number of carbonyl (C=O) groups is 1. The summed E-state index contributed by atoms with van der Waals surface area (Å²) in [5.74, 6) is -0.247. The van der Waals surface area contributed by atoms with Crippen molar-refractivity contribution in [3.63, 3.8) is 0 Å². The summed E-state index contributed by atoms with van der Waals surface area (Å²) in [7, 11) is 2.00. The number of amides is 2. The predicted molar refractivity (Wildman–Crippen MR) is 102 cm³/mol. The lowest BCUT2D eigenvalue weighted by Crippen LogP contribution is -2.39. The van der Waals surface area contributed by atoms with Gasteiger partial charge in [-0.2, -0.15) is 0 Å². The standard InChI is InChI=1S/C21H22FN3O/c1-13-4-6-18(14(2)10-13)23-21(26)25-9-8-20-17(12-25)16-11-15(22)5-7-19(16)24(20)3/h4-7,10-11H,8-9,12H2,1-3H3,(H,23,26). The minimum absolute atomic E-state index is 0.115. The van der Waals surface area contributed by atoms with E-state index >= 15 is 0 Å². The molecule has 1 N–H and O–H groups in total. The van der Waals surface area contributed by atoms with Crippen LogP contribution in [-0.2, 0) is 20.0 Å². The normalized spacial score (nSPS) is 13.8. The van der Waals surface area contributed by atoms with Crippen molar-refractivity contribution in [2.24, 2.45) is 7.05 Å². The summed E-state index contributed by atoms with van der Waals surface area (Å²) in [6.07, 6.45) is 0.766. The van der Waals surface area contributed by atoms with Crippen molar-refractivity contribution in [2.75, 3.05) is 11.9 Å². The van der Waals surface area contributed by atoms with Crippen molar-refractivity contribution in [2.45, 2.75) is 26.8 Å². The maximum absolute atomic E-state index is 13.7. The Morgan fingerprint density at radius 2 is 1.96 bits per heavy atom. The number of hydrogen-bond acceptors (Lipinski definition) is 1. The van der Waals surface area contributed by atoms with Gasteiger partial charge < -0.3 is 14.8 Å². The smallest absolute Gasteiger partial charge is 0.322 e. The zero-order valence-corrected chi connectivity index (χ0v) is 15.3. The fraction of sp³-hybridized carbons (Fsp3) is 0.286. The van der Waals surface area contributed by atoms with Gasteiger partial charge in [-0.25, -0.2) is 9.18 Å². The summed E-state index contributed by atoms with van der Waals surface area (Å²) in [6, 6.07) is 10.7. The van der Waals surface area contributed by atoms with Crippen LogP contribution in [0.4, 0.5) is 14.9 Å². The number of carbonyl (C=O) groups excluding carboxylic acids is 1. The average Bonchev–Trinajstić information content (AvgIpc) is 2.89. The second-order valence-corrected chi connectivity index (χ2v) is 7.07. The third-order valence-electron chi connectivity index (χ3n) is 5.28. The quantitative estimate of drug-likeness (QED) is 0.687. The lowest BCUT2D eigenvalue weighted by Gasteiger charge is -2.28. The molecule has 1 aliphatic heterocycles. The molecule has 26 heavy (non-hydrogen) atoms. The number of rotatable bonds is 1. The maximum atomic E-state index is 13.7. The first-order chi connectivity index (χ1) is 12.4. The van der Waals surface area contributed by atoms with Crippen molar-refractivity contribution >= 4 is 22.6 Å². The molecule has 1 aliphatic rings. The third kappa shape index (κ3) is 2.73. The van der Waals surface area contributed by atoms with Crippen LogP contribution in [0, 0.1) is 19.7 Å². The van der Waals surface area contributed by atoms with E-state index in [9.17, 15) is 9.18 Å². The lowest BCUT2D eigenvalue weighted by molar-refractivity contribution is 0.206. The highest BCUT2D eigenvalue weighted by Crippen LogP contribution is 2.31. The zero-order chi connectivity index (χ0) is 18.4. The molecule has 0 saturated carbocycles. The number of aromatic nitrogens is 1. The maximum Gasteiger partial charge on any atom is 0.322 e. The van der Waals surface area contributed by atoms with Crippen LogP contribution in [0.1, 0.15) is 22.4 Å². The van der Waals surface area contributed by atoms with E-state index < -0.39 is 0 Å². The number of hydrogen-bond donors (Lipinski definition) is 1. The molecule has 2 amide bonds. The fourth-order valence-electron chi connectivity index (χ4n) is 3.87. The van der Waals surface area contributed by atoms with Crippen LogP contribution in [-0.4, -0.2) is 22.0 Å². The van der Waals surface area contributed by atoms with E-state index in [1.165, 1.54) is 17.3 Å². The Morgan fingerprint density at radius 3 is 2.73 bits per heavy atom. The first-order valence-corrected chi connectivity index (χ1v) is 8.83. The van der Waals surface area contributed by atoms with Gasteiger partial charge in [-0.3, -0.25) is 0 Å². The highest BCUT2D eigenvalue weighted by molar-refractivity contribution is 5.91. The van der Waals surface area contributed by atoms with Gasteiger partial charge in [0.2, 0.25) is 0 Å². The number of halogens is 1. The van der Waals surface area contributed by atoms with E-state index in [1.807, 2.05) is 39.1 Å². The summed E-state index contributed by atoms with van der Waals surface area (Å²) >= 11 is 0. The fourth-order valence-corrected chi connectivity index (χ4v) is 3.87. The molecule has 0 bridgehead atoms. The Labute approximate surface area is 152 Å². The highest BCUT2D eigenvalue weighted by atomic mass is 19.1. The second kappa shape index (κ2) is 6.16. The molecule has 0 saturated heterocycles. The van der Waals surface area contributed by atoms with Crippen LogP contribution < -0.4 is 5.32 Å². The summed E-state index contributed by atoms with van der Waals surface area (Å²) < 4.78 is 15.8. The topological polar surface area (TPSA) is 37.3 Å². The van der Waals surface area contributed by atoms with Gasteiger partial charge in [-0.15, -0.1) is 0 Å². The van der Waals surface area contributed by atoms with Crippen molar-refractivity contribution in [1.29, 1.82) is 0 Å². The van der Waals surface area contributed by atoms with Crippen LogP contribution >= 0.6 is 0 Å². The molecular weight excluding hydrogens is 329 g/mol. The van der Waals surface area contributed by atoms with Gasteiger partial charge in [0.25, 0.3) is 0 Å². The number of fused-ring (bicyclic) bond motifs is 3. The number of anilines is 1. The predicted octanol–water partition coefficient (Wildman–Crippen LogP) is 4.52. The highest BCUT2D eigenvalue weighted by Gasteiger charge is 2.26. The van der Waals surface area contributed by atoms with Gasteiger partial charge in [0.1, 0.15) is 5.82 Å². The van der Waals surface area contributed by atoms with Crippen LogP contribution in [0.3, 0.4) is 0 Å². The summed E-state index contributed by atoms with van der Waals surface area (Å²) in [6.45, 7) is 5.16. The average molecular weight is 351 g/mol. The van der Waals surface area contributed by atoms with Crippen LogP contribution in [0.15, 0.2) is 36.4 Å². The summed E-state index contributed by atoms with van der Waals surface area (Å²) in [4.78, 5) is 14.6. The Kier molecular flexibility index (Phi) is 3.94. The van der Waals surface area contributed by atoms with E-state index in [0.29, 0.717) is 13.1 Å². The SMILES string of the molecule is Cc1ccc(NC(=O)N2CCc3c(c4cc(F)ccc4n3C)C2)c(C)c1. The van der Waals surface area contributed by atoms with Gasteiger partial charge in [-0.05, 0) is 43.7 Å². The lowest BCUT2D eigenvalue weighted by atomic mass is 10.0. The van der Waals surface area contributed by atoms with Crippen LogP contribution in [0.5, 0.6) is 0 Å². The summed E-state index contributed by atoms with van der Waals surface area (Å²) in [5.41, 5.74) is 6.28. The van der Waals surface area contributed by atoms with Crippen molar-refractivity contribution < 1.29 is 9.18 Å². The molecule has 3 aromatic rings. The minimum Gasteiger partial charge on any atom is -0.347 e. The molecule has 0 unspecified atom stereocenters. The zero-order valence-electron chi connectivity index (χ0n) is 15.3. The van der Waals surface area contributed by atoms with Gasteiger partial charge in [0, 0.05) is 54.4 Å². The Bertz CT molecular complexity index is 1020. The molecule has 0 atom stereocenters. The second-order valence-electron chi connectivity index (χ2n) is 7.07. The van der Waals surface area contributed by atoms with Crippen molar-refractivity contribution in [3.8, 4) is 0 Å². The molecule has 0 fully saturated rings. The number of urea groups is 1. The molecule has 2 heterocycles. The third-order valence-corrected chi connectivity index (χ3v) is 5.28. The molecule has 134 valence electrons. The minimum atomic E-state index is -0.247. The van der Waals surface area contributed by atoms with E-state index in [2.05, 4.69) is 16.0 Å². The summed E-state index contributed by atoms with van der Waals surface area (Å²) in [5, 5.41) is 3.91. The van der Waals surface area contributed by atoms with E-state index in [1.54, 1.807) is 11.0 Å². The Balaban J connectivity index is 1.61. The molecule has 1 aromatic heterocycles. The van der Waals surface area contributed by atoms with Gasteiger partial charge in [0.15, 0.2) is 0 Å². The van der Waals surface area contributed by atoms with Crippen molar-refractivity contribution in [1.82, 2.24) is 9.47 Å². The van der Waals surface area contributed by atoms with Gasteiger partial charge in [0.05, 0.1) is 0 Å². The van der Waals surface area contributed by atoms with E-state index in [4.69, 9.17) is 0 Å². The number of aryl methyl sites for hydroxylation is 3. The molecule has 4 rings (SSSR count). The Hall–Kier alpha value is -2.82. The molecule has 5 heteroatoms. The van der Waals surface area contributed by atoms with Crippen molar-refractivity contribution in [3.05, 3.63) is 64.6 Å². The largest absolute Gasteiger partial charge is 0.347 e. The molecule has 2 aromatic carbocycles. The first-order valence-electron chi connectivity index (χ1n) is 8.83. The number of benzene rings is 2. The van der Waals surface area contributed by atoms with Crippen LogP contribution in [0.2, 0.25) is 0 Å². The molecular formula is C21H22FN3O. The van der Waals surface area contributed by atoms with Crippen LogP contribution in [0.25, 0.3) is 10.9 Å². The molecule has 0 spiro atoms. The molecule has 0 aliphatic carbocycles. The van der Waals surface area contributed by atoms with Gasteiger partial charge in [-0.1, -0.05) is 17.7 Å². The Morgan fingerprint density at radius 1 is 1.15 bits per heavy atom.